The summed E-state index contributed by atoms with van der Waals surface area (Å²) in [5.74, 6) is -1.21. The molecule has 2 aliphatic heterocycles. The number of hydrogen-bond donors (Lipinski definition) is 0. The van der Waals surface area contributed by atoms with Gasteiger partial charge in [0.2, 0.25) is 0 Å². The summed E-state index contributed by atoms with van der Waals surface area (Å²) >= 11 is 1.30. The first-order valence-corrected chi connectivity index (χ1v) is 9.94. The van der Waals surface area contributed by atoms with Gasteiger partial charge in [-0.25, -0.2) is 18.6 Å². The molecule has 2 fully saturated rings. The van der Waals surface area contributed by atoms with Crippen molar-refractivity contribution in [3.63, 3.8) is 0 Å². The van der Waals surface area contributed by atoms with E-state index in [1.807, 2.05) is 16.8 Å². The fourth-order valence-corrected chi connectivity index (χ4v) is 4.72. The monoisotopic (exact) mass is 396 g/mol. The molecule has 0 spiro atoms. The number of aromatic nitrogens is 1. The fourth-order valence-electron chi connectivity index (χ4n) is 3.66. The molecule has 9 heteroatoms. The molecule has 0 bridgehead atoms. The number of morpholine rings is 1. The minimum Gasteiger partial charge on any atom is -0.378 e. The lowest BCUT2D eigenvalue weighted by atomic mass is 10.0. The van der Waals surface area contributed by atoms with Crippen LogP contribution in [-0.2, 0) is 4.74 Å². The van der Waals surface area contributed by atoms with Crippen LogP contribution in [0.1, 0.15) is 12.8 Å². The Balaban J connectivity index is 1.40. The van der Waals surface area contributed by atoms with Gasteiger partial charge in [0.15, 0.2) is 10.9 Å². The van der Waals surface area contributed by atoms with Crippen LogP contribution in [0.3, 0.4) is 0 Å². The van der Waals surface area contributed by atoms with Crippen LogP contribution in [0, 0.1) is 11.6 Å². The second-order valence-electron chi connectivity index (χ2n) is 6.94. The van der Waals surface area contributed by atoms with Crippen molar-refractivity contribution in [3.8, 4) is 0 Å². The highest BCUT2D eigenvalue weighted by Gasteiger charge is 2.29. The Kier molecular flexibility index (Phi) is 5.14. The van der Waals surface area contributed by atoms with E-state index < -0.39 is 11.6 Å². The van der Waals surface area contributed by atoms with E-state index in [0.717, 1.165) is 32.0 Å². The maximum absolute atomic E-state index is 13.9. The van der Waals surface area contributed by atoms with E-state index in [-0.39, 0.29) is 17.6 Å². The molecule has 0 aliphatic carbocycles. The summed E-state index contributed by atoms with van der Waals surface area (Å²) in [7, 11) is 1.86. The number of ether oxygens (including phenoxy) is 1. The number of halogens is 2. The number of fused-ring (bicyclic) bond motifs is 1. The number of hydrogen-bond acceptors (Lipinski definition) is 5. The maximum atomic E-state index is 13.9. The van der Waals surface area contributed by atoms with Crippen LogP contribution in [0.4, 0.5) is 18.7 Å². The van der Waals surface area contributed by atoms with Crippen LogP contribution in [0.15, 0.2) is 12.1 Å². The highest BCUT2D eigenvalue weighted by atomic mass is 32.1. The van der Waals surface area contributed by atoms with E-state index in [2.05, 4.69) is 9.88 Å². The molecule has 0 radical (unpaired) electrons. The zero-order valence-corrected chi connectivity index (χ0v) is 16.0. The van der Waals surface area contributed by atoms with Gasteiger partial charge in [-0.1, -0.05) is 11.3 Å². The molecule has 0 atom stereocenters. The Morgan fingerprint density at radius 2 is 1.93 bits per heavy atom. The Hall–Kier alpha value is -2.00. The lowest BCUT2D eigenvalue weighted by Crippen LogP contribution is -2.52. The zero-order valence-electron chi connectivity index (χ0n) is 15.2. The van der Waals surface area contributed by atoms with Gasteiger partial charge in [0.25, 0.3) is 0 Å². The lowest BCUT2D eigenvalue weighted by molar-refractivity contribution is 0.0409. The molecule has 2 aliphatic rings. The number of rotatable bonds is 2. The van der Waals surface area contributed by atoms with Gasteiger partial charge in [0.1, 0.15) is 11.3 Å². The number of nitrogens with zero attached hydrogens (tertiary/aromatic N) is 4. The van der Waals surface area contributed by atoms with Crippen LogP contribution >= 0.6 is 11.3 Å². The topological polar surface area (TPSA) is 48.9 Å². The standard InChI is InChI=1S/C18H22F2N4O2S/c1-22(18(25)24-6-8-26-9-7-24)13-2-4-23(5-3-13)17-21-16-14(20)10-12(19)11-15(16)27-17/h10-11,13H,2-9H2,1H3. The van der Waals surface area contributed by atoms with E-state index in [1.165, 1.54) is 17.4 Å². The lowest BCUT2D eigenvalue weighted by Gasteiger charge is -2.39. The van der Waals surface area contributed by atoms with Gasteiger partial charge in [0.05, 0.1) is 17.9 Å². The summed E-state index contributed by atoms with van der Waals surface area (Å²) in [5.41, 5.74) is 0.220. The molecular weight excluding hydrogens is 374 g/mol. The molecule has 4 rings (SSSR count). The van der Waals surface area contributed by atoms with E-state index in [4.69, 9.17) is 4.74 Å². The zero-order chi connectivity index (χ0) is 19.0. The number of urea groups is 1. The third-order valence-corrected chi connectivity index (χ3v) is 6.33. The SMILES string of the molecule is CN(C(=O)N1CCOCC1)C1CCN(c2nc3c(F)cc(F)cc3s2)CC1. The van der Waals surface area contributed by atoms with Crippen molar-refractivity contribution in [2.24, 2.45) is 0 Å². The van der Waals surface area contributed by atoms with Gasteiger partial charge in [-0.05, 0) is 18.9 Å². The van der Waals surface area contributed by atoms with Crippen LogP contribution in [0.5, 0.6) is 0 Å². The van der Waals surface area contributed by atoms with Crippen molar-refractivity contribution in [2.45, 2.75) is 18.9 Å². The summed E-state index contributed by atoms with van der Waals surface area (Å²) < 4.78 is 33.1. The number of benzene rings is 1. The summed E-state index contributed by atoms with van der Waals surface area (Å²) in [6.07, 6.45) is 1.64. The largest absolute Gasteiger partial charge is 0.378 e. The minimum absolute atomic E-state index is 0.0503. The molecule has 0 saturated carbocycles. The molecule has 1 aromatic carbocycles. The van der Waals surface area contributed by atoms with Gasteiger partial charge in [-0.15, -0.1) is 0 Å². The fraction of sp³-hybridized carbons (Fsp3) is 0.556. The summed E-state index contributed by atoms with van der Waals surface area (Å²) in [6, 6.07) is 2.40. The molecule has 2 amide bonds. The number of amides is 2. The van der Waals surface area contributed by atoms with Gasteiger partial charge in [0, 0.05) is 45.3 Å². The molecule has 2 saturated heterocycles. The molecule has 0 unspecified atom stereocenters. The second-order valence-corrected chi connectivity index (χ2v) is 7.95. The summed E-state index contributed by atoms with van der Waals surface area (Å²) in [4.78, 5) is 22.7. The highest BCUT2D eigenvalue weighted by molar-refractivity contribution is 7.22. The summed E-state index contributed by atoms with van der Waals surface area (Å²) in [5, 5.41) is 0.704. The Bertz CT molecular complexity index is 832. The van der Waals surface area contributed by atoms with Crippen molar-refractivity contribution in [3.05, 3.63) is 23.8 Å². The van der Waals surface area contributed by atoms with Crippen LogP contribution in [0.25, 0.3) is 10.2 Å². The number of carbonyl (C=O) groups is 1. The normalized spacial score (nSPS) is 18.9. The third kappa shape index (κ3) is 3.70. The Labute approximate surface area is 160 Å². The molecule has 0 N–H and O–H groups in total. The number of thiazole rings is 1. The molecule has 1 aromatic heterocycles. The summed E-state index contributed by atoms with van der Waals surface area (Å²) in [6.45, 7) is 3.91. The van der Waals surface area contributed by atoms with Crippen molar-refractivity contribution in [2.75, 3.05) is 51.3 Å². The van der Waals surface area contributed by atoms with Crippen LogP contribution in [0.2, 0.25) is 0 Å². The van der Waals surface area contributed by atoms with Crippen molar-refractivity contribution in [1.82, 2.24) is 14.8 Å². The number of carbonyl (C=O) groups excluding carboxylic acids is 1. The number of piperidine rings is 1. The Morgan fingerprint density at radius 1 is 1.22 bits per heavy atom. The minimum atomic E-state index is -0.627. The number of anilines is 1. The van der Waals surface area contributed by atoms with E-state index in [0.29, 0.717) is 36.1 Å². The predicted octanol–water partition coefficient (Wildman–Crippen LogP) is 2.93. The van der Waals surface area contributed by atoms with Crippen molar-refractivity contribution >= 4 is 32.7 Å². The first-order valence-electron chi connectivity index (χ1n) is 9.13. The van der Waals surface area contributed by atoms with Gasteiger partial charge < -0.3 is 19.4 Å². The molecule has 2 aromatic rings. The molecule has 146 valence electrons. The molecule has 3 heterocycles. The van der Waals surface area contributed by atoms with Crippen molar-refractivity contribution in [1.29, 1.82) is 0 Å². The first kappa shape index (κ1) is 18.4. The smallest absolute Gasteiger partial charge is 0.320 e. The van der Waals surface area contributed by atoms with E-state index in [9.17, 15) is 13.6 Å². The van der Waals surface area contributed by atoms with E-state index >= 15 is 0 Å². The molecular formula is C18H22F2N4O2S. The predicted molar refractivity (Wildman–Crippen MR) is 100 cm³/mol. The second kappa shape index (κ2) is 7.55. The highest BCUT2D eigenvalue weighted by Crippen LogP contribution is 2.33. The Morgan fingerprint density at radius 3 is 2.63 bits per heavy atom. The average Bonchev–Trinajstić information content (AvgIpc) is 3.12. The van der Waals surface area contributed by atoms with E-state index in [1.54, 1.807) is 0 Å². The maximum Gasteiger partial charge on any atom is 0.320 e. The van der Waals surface area contributed by atoms with Crippen LogP contribution in [-0.4, -0.2) is 73.3 Å². The van der Waals surface area contributed by atoms with Crippen LogP contribution < -0.4 is 4.90 Å². The average molecular weight is 396 g/mol. The van der Waals surface area contributed by atoms with Crippen molar-refractivity contribution < 1.29 is 18.3 Å². The molecule has 6 nitrogen and oxygen atoms in total. The van der Waals surface area contributed by atoms with Gasteiger partial charge in [-0.2, -0.15) is 0 Å². The third-order valence-electron chi connectivity index (χ3n) is 5.27. The van der Waals surface area contributed by atoms with Gasteiger partial charge in [-0.3, -0.25) is 0 Å². The molecule has 27 heavy (non-hydrogen) atoms. The first-order chi connectivity index (χ1) is 13.0. The quantitative estimate of drug-likeness (QED) is 0.783. The van der Waals surface area contributed by atoms with Gasteiger partial charge >= 0.3 is 6.03 Å².